The topological polar surface area (TPSA) is 120 Å². The number of anilines is 1. The molecule has 1 aliphatic rings. The number of amides is 1. The van der Waals surface area contributed by atoms with Crippen LogP contribution in [0.3, 0.4) is 0 Å². The monoisotopic (exact) mass is 464 g/mol. The molecule has 0 saturated carbocycles. The molecule has 0 radical (unpaired) electrons. The Bertz CT molecular complexity index is 958. The lowest BCUT2D eigenvalue weighted by Crippen LogP contribution is -2.50. The van der Waals surface area contributed by atoms with Crippen LogP contribution in [0.15, 0.2) is 28.9 Å². The molecule has 9 nitrogen and oxygen atoms in total. The Labute approximate surface area is 176 Å². The minimum Gasteiger partial charge on any atom is -0.468 e. The maximum atomic E-state index is 13.3. The van der Waals surface area contributed by atoms with Gasteiger partial charge in [-0.3, -0.25) is 9.59 Å². The average Bonchev–Trinajstić information content (AvgIpc) is 2.67. The summed E-state index contributed by atoms with van der Waals surface area (Å²) in [5, 5.41) is 9.40. The van der Waals surface area contributed by atoms with Crippen molar-refractivity contribution in [1.82, 2.24) is 9.21 Å². The second kappa shape index (κ2) is 9.96. The summed E-state index contributed by atoms with van der Waals surface area (Å²) in [5.41, 5.74) is -0.144. The zero-order valence-electron chi connectivity index (χ0n) is 15.8. The number of carbonyl (C=O) groups is 2. The fourth-order valence-corrected chi connectivity index (χ4v) is 4.27. The van der Waals surface area contributed by atoms with Crippen LogP contribution in [-0.4, -0.2) is 74.8 Å². The van der Waals surface area contributed by atoms with Crippen LogP contribution in [0.4, 0.5) is 14.5 Å². The Hall–Kier alpha value is -2.57. The van der Waals surface area contributed by atoms with Crippen molar-refractivity contribution < 1.29 is 31.5 Å². The van der Waals surface area contributed by atoms with Gasteiger partial charge in [0, 0.05) is 44.1 Å². The Morgan fingerprint density at radius 1 is 1.20 bits per heavy atom. The van der Waals surface area contributed by atoms with Crippen LogP contribution in [0.2, 0.25) is 0 Å². The lowest BCUT2D eigenvalue weighted by molar-refractivity contribution is -0.137. The molecule has 164 valence electrons. The summed E-state index contributed by atoms with van der Waals surface area (Å²) in [6, 6.07) is 2.45. The zero-order chi connectivity index (χ0) is 22.5. The first-order valence-corrected chi connectivity index (χ1v) is 10.5. The van der Waals surface area contributed by atoms with E-state index < -0.39 is 44.3 Å². The average molecular weight is 465 g/mol. The molecule has 1 aromatic rings. The van der Waals surface area contributed by atoms with Gasteiger partial charge in [-0.1, -0.05) is 11.6 Å². The largest absolute Gasteiger partial charge is 0.468 e. The molecule has 1 aromatic carbocycles. The van der Waals surface area contributed by atoms with Crippen LogP contribution < -0.4 is 5.32 Å². The predicted octanol–water partition coefficient (Wildman–Crippen LogP) is 1.12. The highest BCUT2D eigenvalue weighted by Crippen LogP contribution is 2.20. The van der Waals surface area contributed by atoms with Gasteiger partial charge in [-0.2, -0.15) is 4.31 Å². The molecule has 13 heteroatoms. The first-order chi connectivity index (χ1) is 14.1. The van der Waals surface area contributed by atoms with Crippen LogP contribution in [0.1, 0.15) is 0 Å². The number of allylic oxidation sites excluding steroid dienone is 1. The molecule has 1 saturated heterocycles. The molecule has 2 rings (SSSR count). The number of esters is 1. The third-order valence-corrected chi connectivity index (χ3v) is 6.30. The maximum Gasteiger partial charge on any atom is 0.322 e. The number of hydrogen-bond donors (Lipinski definition) is 2. The van der Waals surface area contributed by atoms with Gasteiger partial charge in [0.2, 0.25) is 10.0 Å². The number of carbonyl (C=O) groups excluding carboxylic acids is 2. The van der Waals surface area contributed by atoms with Crippen LogP contribution in [0.25, 0.3) is 0 Å². The molecular weight excluding hydrogens is 446 g/mol. The second-order valence-corrected chi connectivity index (χ2v) is 8.52. The summed E-state index contributed by atoms with van der Waals surface area (Å²) in [6.07, 6.45) is 0.826. The first-order valence-electron chi connectivity index (χ1n) is 8.54. The molecule has 0 bridgehead atoms. The highest BCUT2D eigenvalue weighted by Gasteiger charge is 2.30. The van der Waals surface area contributed by atoms with Crippen LogP contribution in [-0.2, 0) is 24.3 Å². The van der Waals surface area contributed by atoms with Gasteiger partial charge in [-0.15, -0.1) is 0 Å². The van der Waals surface area contributed by atoms with Crippen LogP contribution in [0, 0.1) is 17.0 Å². The Morgan fingerprint density at radius 2 is 1.77 bits per heavy atom. The van der Waals surface area contributed by atoms with E-state index in [9.17, 15) is 26.8 Å². The standard InChI is InChI=1S/C17H19ClF2N4O5S/c1-29-15(25)10-30(27,28)24-4-2-23(3-5-24)14(9-21)16(18)17(26)22-13-7-11(19)6-12(20)8-13/h6-9,21H,2-5,10H2,1H3,(H,22,26). The summed E-state index contributed by atoms with van der Waals surface area (Å²) in [4.78, 5) is 25.1. The molecule has 1 heterocycles. The molecule has 2 N–H and O–H groups in total. The van der Waals surface area contributed by atoms with Gasteiger partial charge in [-0.25, -0.2) is 17.2 Å². The number of sulfonamides is 1. The Balaban J connectivity index is 2.10. The molecule has 30 heavy (non-hydrogen) atoms. The van der Waals surface area contributed by atoms with Gasteiger partial charge in [0.05, 0.1) is 12.8 Å². The number of hydrogen-bond acceptors (Lipinski definition) is 7. The second-order valence-electron chi connectivity index (χ2n) is 6.17. The van der Waals surface area contributed by atoms with Gasteiger partial charge < -0.3 is 20.4 Å². The molecule has 1 fully saturated rings. The third kappa shape index (κ3) is 5.97. The van der Waals surface area contributed by atoms with E-state index in [1.54, 1.807) is 0 Å². The number of nitrogens with one attached hydrogen (secondary N) is 2. The van der Waals surface area contributed by atoms with Gasteiger partial charge >= 0.3 is 5.97 Å². The van der Waals surface area contributed by atoms with Crippen molar-refractivity contribution in [3.63, 3.8) is 0 Å². The summed E-state index contributed by atoms with van der Waals surface area (Å²) < 4.78 is 56.4. The quantitative estimate of drug-likeness (QED) is 0.354. The van der Waals surface area contributed by atoms with Crippen molar-refractivity contribution in [2.45, 2.75) is 0 Å². The molecular formula is C17H19ClF2N4O5S. The molecule has 1 aliphatic heterocycles. The van der Waals surface area contributed by atoms with Crippen LogP contribution in [0.5, 0.6) is 0 Å². The first kappa shape index (κ1) is 23.7. The van der Waals surface area contributed by atoms with Gasteiger partial charge in [0.15, 0.2) is 5.75 Å². The van der Waals surface area contributed by atoms with Crippen molar-refractivity contribution in [2.75, 3.05) is 44.4 Å². The van der Waals surface area contributed by atoms with Crippen molar-refractivity contribution >= 4 is 45.4 Å². The number of piperazine rings is 1. The van der Waals surface area contributed by atoms with E-state index in [0.717, 1.165) is 29.8 Å². The van der Waals surface area contributed by atoms with E-state index in [0.29, 0.717) is 6.07 Å². The number of methoxy groups -OCH3 is 1. The number of ether oxygens (including phenoxy) is 1. The predicted molar refractivity (Wildman–Crippen MR) is 106 cm³/mol. The van der Waals surface area contributed by atoms with Gasteiger partial charge in [0.1, 0.15) is 16.7 Å². The van der Waals surface area contributed by atoms with E-state index in [4.69, 9.17) is 17.0 Å². The fraction of sp³-hybridized carbons (Fsp3) is 0.353. The van der Waals surface area contributed by atoms with E-state index in [1.807, 2.05) is 0 Å². The summed E-state index contributed by atoms with van der Waals surface area (Å²) >= 11 is 6.07. The van der Waals surface area contributed by atoms with Crippen molar-refractivity contribution in [1.29, 1.82) is 5.41 Å². The molecule has 0 unspecified atom stereocenters. The lowest BCUT2D eigenvalue weighted by atomic mass is 10.2. The highest BCUT2D eigenvalue weighted by molar-refractivity contribution is 7.89. The van der Waals surface area contributed by atoms with E-state index >= 15 is 0 Å². The summed E-state index contributed by atoms with van der Waals surface area (Å²) in [7, 11) is -2.77. The minimum absolute atomic E-state index is 0.00242. The van der Waals surface area contributed by atoms with E-state index in [-0.39, 0.29) is 37.6 Å². The molecule has 1 amide bonds. The van der Waals surface area contributed by atoms with Crippen molar-refractivity contribution in [3.8, 4) is 0 Å². The summed E-state index contributed by atoms with van der Waals surface area (Å²) in [5.74, 6) is -4.33. The number of rotatable bonds is 7. The summed E-state index contributed by atoms with van der Waals surface area (Å²) in [6.45, 7) is 0.196. The van der Waals surface area contributed by atoms with E-state index in [1.165, 1.54) is 4.90 Å². The number of nitrogens with zero attached hydrogens (tertiary/aromatic N) is 2. The normalized spacial score (nSPS) is 15.9. The molecule has 0 aromatic heterocycles. The zero-order valence-corrected chi connectivity index (χ0v) is 17.4. The number of halogens is 3. The minimum atomic E-state index is -3.86. The Morgan fingerprint density at radius 3 is 2.27 bits per heavy atom. The third-order valence-electron chi connectivity index (χ3n) is 4.18. The fourth-order valence-electron chi connectivity index (χ4n) is 2.73. The molecule has 0 spiro atoms. The van der Waals surface area contributed by atoms with Gasteiger partial charge in [0.25, 0.3) is 5.91 Å². The maximum absolute atomic E-state index is 13.3. The smallest absolute Gasteiger partial charge is 0.322 e. The molecule has 0 atom stereocenters. The van der Waals surface area contributed by atoms with E-state index in [2.05, 4.69) is 10.1 Å². The van der Waals surface area contributed by atoms with Crippen molar-refractivity contribution in [2.24, 2.45) is 0 Å². The SMILES string of the molecule is COC(=O)CS(=O)(=O)N1CCN(C(C=N)=C(Cl)C(=O)Nc2cc(F)cc(F)c2)CC1. The van der Waals surface area contributed by atoms with Crippen molar-refractivity contribution in [3.05, 3.63) is 40.6 Å². The molecule has 0 aliphatic carbocycles. The lowest BCUT2D eigenvalue weighted by Gasteiger charge is -2.35. The van der Waals surface area contributed by atoms with Crippen LogP contribution >= 0.6 is 11.6 Å². The number of benzene rings is 1. The van der Waals surface area contributed by atoms with Gasteiger partial charge in [-0.05, 0) is 12.1 Å². The highest BCUT2D eigenvalue weighted by atomic mass is 35.5. The Kier molecular flexibility index (Phi) is 7.87.